The first-order chi connectivity index (χ1) is 7.04. The Morgan fingerprint density at radius 2 is 2.27 bits per heavy atom. The highest BCUT2D eigenvalue weighted by Gasteiger charge is 2.27. The first kappa shape index (κ1) is 11.8. The molecule has 1 amide bonds. The van der Waals surface area contributed by atoms with Crippen molar-refractivity contribution >= 4 is 38.2 Å². The van der Waals surface area contributed by atoms with Crippen molar-refractivity contribution in [2.75, 3.05) is 13.2 Å². The average Bonchev–Trinajstić information content (AvgIpc) is 2.14. The molecule has 1 aliphatic rings. The summed E-state index contributed by atoms with van der Waals surface area (Å²) in [6.45, 7) is 1.64. The molecule has 0 atom stereocenters. The third-order valence-corrected chi connectivity index (χ3v) is 2.22. The molecule has 6 nitrogen and oxygen atoms in total. The third kappa shape index (κ3) is 3.12. The minimum absolute atomic E-state index is 0.0476. The van der Waals surface area contributed by atoms with E-state index in [9.17, 15) is 14.4 Å². The summed E-state index contributed by atoms with van der Waals surface area (Å²) in [5.41, 5.74) is 0. The van der Waals surface area contributed by atoms with E-state index in [4.69, 9.17) is 0 Å². The first-order valence-electron chi connectivity index (χ1n) is 4.28. The van der Waals surface area contributed by atoms with Crippen LogP contribution in [0.1, 0.15) is 13.3 Å². The number of halogens is 1. The van der Waals surface area contributed by atoms with E-state index in [2.05, 4.69) is 25.8 Å². The highest BCUT2D eigenvalue weighted by atomic mass is 79.9. The Hall–Kier alpha value is -1.24. The van der Waals surface area contributed by atoms with Crippen LogP contribution in [0, 0.1) is 0 Å². The second-order valence-corrected chi connectivity index (χ2v) is 3.50. The van der Waals surface area contributed by atoms with Gasteiger partial charge < -0.3 is 4.74 Å². The maximum atomic E-state index is 11.3. The van der Waals surface area contributed by atoms with E-state index in [1.54, 1.807) is 6.92 Å². The number of carbonyl (C=O) groups is 3. The van der Waals surface area contributed by atoms with E-state index >= 15 is 0 Å². The lowest BCUT2D eigenvalue weighted by molar-refractivity contribution is -0.149. The highest BCUT2D eigenvalue weighted by Crippen LogP contribution is 2.09. The largest absolute Gasteiger partial charge is 0.465 e. The topological polar surface area (TPSA) is 76.0 Å². The Bertz CT molecular complexity index is 340. The zero-order chi connectivity index (χ0) is 11.4. The number of ketones is 1. The Morgan fingerprint density at radius 3 is 2.87 bits per heavy atom. The van der Waals surface area contributed by atoms with Crippen LogP contribution in [0.2, 0.25) is 0 Å². The van der Waals surface area contributed by atoms with Crippen LogP contribution in [0.4, 0.5) is 0 Å². The zero-order valence-corrected chi connectivity index (χ0v) is 9.61. The van der Waals surface area contributed by atoms with Crippen molar-refractivity contribution < 1.29 is 19.1 Å². The molecule has 0 fully saturated rings. The van der Waals surface area contributed by atoms with Crippen LogP contribution >= 0.6 is 15.9 Å². The maximum absolute atomic E-state index is 11.3. The summed E-state index contributed by atoms with van der Waals surface area (Å²) in [5, 5.41) is 4.55. The Balaban J connectivity index is 2.66. The molecular formula is C8H9BrN2O4. The molecule has 0 aromatic carbocycles. The van der Waals surface area contributed by atoms with Crippen LogP contribution in [0.3, 0.4) is 0 Å². The second kappa shape index (κ2) is 5.01. The summed E-state index contributed by atoms with van der Waals surface area (Å²) < 4.78 is 4.70. The third-order valence-electron chi connectivity index (χ3n) is 1.62. The molecule has 0 saturated carbocycles. The van der Waals surface area contributed by atoms with E-state index in [-0.39, 0.29) is 30.0 Å². The van der Waals surface area contributed by atoms with Crippen LogP contribution in [0.15, 0.2) is 5.10 Å². The molecule has 0 N–H and O–H groups in total. The molecule has 7 heteroatoms. The predicted molar refractivity (Wildman–Crippen MR) is 54.3 cm³/mol. The van der Waals surface area contributed by atoms with Crippen molar-refractivity contribution in [1.29, 1.82) is 0 Å². The zero-order valence-electron chi connectivity index (χ0n) is 8.03. The Labute approximate surface area is 94.4 Å². The number of Topliss-reactive ketones (excluding diaryl/α,β-unsaturated/α-hetero) is 1. The number of hydrazone groups is 1. The van der Waals surface area contributed by atoms with Gasteiger partial charge >= 0.3 is 5.97 Å². The Kier molecular flexibility index (Phi) is 3.96. The lowest BCUT2D eigenvalue weighted by Crippen LogP contribution is -2.38. The fourth-order valence-electron chi connectivity index (χ4n) is 0.972. The minimum atomic E-state index is -0.552. The molecule has 0 aromatic heterocycles. The molecule has 0 unspecified atom stereocenters. The number of hydrogen-bond donors (Lipinski definition) is 0. The second-order valence-electron chi connectivity index (χ2n) is 2.75. The average molecular weight is 277 g/mol. The minimum Gasteiger partial charge on any atom is -0.465 e. The molecule has 15 heavy (non-hydrogen) atoms. The smallest absolute Gasteiger partial charge is 0.327 e. The molecule has 82 valence electrons. The van der Waals surface area contributed by atoms with Gasteiger partial charge in [0.05, 0.1) is 13.0 Å². The molecule has 1 rings (SSSR count). The molecule has 1 heterocycles. The SMILES string of the molecule is CCOC(=O)CN1N=C(Br)C(=O)CC1=O. The van der Waals surface area contributed by atoms with Gasteiger partial charge in [-0.25, -0.2) is 5.01 Å². The van der Waals surface area contributed by atoms with Crippen LogP contribution < -0.4 is 0 Å². The van der Waals surface area contributed by atoms with E-state index in [1.165, 1.54) is 0 Å². The van der Waals surface area contributed by atoms with Gasteiger partial charge in [-0.05, 0) is 22.9 Å². The fourth-order valence-corrected chi connectivity index (χ4v) is 1.30. The predicted octanol–water partition coefficient (Wildman–Crippen LogP) is 0.0593. The number of amides is 1. The van der Waals surface area contributed by atoms with E-state index in [0.29, 0.717) is 0 Å². The van der Waals surface area contributed by atoms with E-state index in [1.807, 2.05) is 0 Å². The number of carbonyl (C=O) groups excluding carboxylic acids is 3. The van der Waals surface area contributed by atoms with E-state index in [0.717, 1.165) is 5.01 Å². The van der Waals surface area contributed by atoms with Gasteiger partial charge in [0.2, 0.25) is 0 Å². The van der Waals surface area contributed by atoms with Crippen LogP contribution in [-0.4, -0.2) is 40.4 Å². The normalized spacial score (nSPS) is 16.4. The lowest BCUT2D eigenvalue weighted by atomic mass is 10.2. The van der Waals surface area contributed by atoms with Crippen molar-refractivity contribution in [3.63, 3.8) is 0 Å². The van der Waals surface area contributed by atoms with Gasteiger partial charge in [-0.15, -0.1) is 0 Å². The summed E-state index contributed by atoms with van der Waals surface area (Å²) in [6.07, 6.45) is -0.274. The number of rotatable bonds is 3. The van der Waals surface area contributed by atoms with Crippen LogP contribution in [-0.2, 0) is 19.1 Å². The summed E-state index contributed by atoms with van der Waals surface area (Å²) >= 11 is 2.90. The van der Waals surface area contributed by atoms with Crippen molar-refractivity contribution in [2.24, 2.45) is 5.10 Å². The van der Waals surface area contributed by atoms with Gasteiger partial charge in [-0.2, -0.15) is 5.10 Å². The van der Waals surface area contributed by atoms with Crippen LogP contribution in [0.5, 0.6) is 0 Å². The molecular weight excluding hydrogens is 268 g/mol. The van der Waals surface area contributed by atoms with Gasteiger partial charge in [0.1, 0.15) is 6.54 Å². The molecule has 0 aliphatic carbocycles. The number of nitrogens with zero attached hydrogens (tertiary/aromatic N) is 2. The van der Waals surface area contributed by atoms with Gasteiger partial charge in [-0.3, -0.25) is 14.4 Å². The number of ether oxygens (including phenoxy) is 1. The highest BCUT2D eigenvalue weighted by molar-refractivity contribution is 9.19. The van der Waals surface area contributed by atoms with Crippen molar-refractivity contribution in [1.82, 2.24) is 5.01 Å². The van der Waals surface area contributed by atoms with Crippen molar-refractivity contribution in [3.05, 3.63) is 0 Å². The molecule has 0 bridgehead atoms. The lowest BCUT2D eigenvalue weighted by Gasteiger charge is -2.19. The van der Waals surface area contributed by atoms with Crippen molar-refractivity contribution in [2.45, 2.75) is 13.3 Å². The molecule has 0 saturated heterocycles. The molecule has 0 radical (unpaired) electrons. The van der Waals surface area contributed by atoms with Gasteiger partial charge in [0, 0.05) is 0 Å². The summed E-state index contributed by atoms with van der Waals surface area (Å²) in [7, 11) is 0. The van der Waals surface area contributed by atoms with Crippen molar-refractivity contribution in [3.8, 4) is 0 Å². The first-order valence-corrected chi connectivity index (χ1v) is 5.07. The summed E-state index contributed by atoms with van der Waals surface area (Å²) in [6, 6.07) is 0. The number of hydrogen-bond acceptors (Lipinski definition) is 5. The van der Waals surface area contributed by atoms with Gasteiger partial charge in [0.15, 0.2) is 10.4 Å². The standard InChI is InChI=1S/C8H9BrN2O4/c1-2-15-7(14)4-11-6(13)3-5(12)8(9)10-11/h2-4H2,1H3. The number of esters is 1. The summed E-state index contributed by atoms with van der Waals surface area (Å²) in [4.78, 5) is 33.3. The van der Waals surface area contributed by atoms with Gasteiger partial charge in [0.25, 0.3) is 5.91 Å². The van der Waals surface area contributed by atoms with Crippen LogP contribution in [0.25, 0.3) is 0 Å². The quantitative estimate of drug-likeness (QED) is 0.540. The Morgan fingerprint density at radius 1 is 1.60 bits per heavy atom. The monoisotopic (exact) mass is 276 g/mol. The fraction of sp³-hybridized carbons (Fsp3) is 0.500. The summed E-state index contributed by atoms with van der Waals surface area (Å²) in [5.74, 6) is -1.44. The van der Waals surface area contributed by atoms with E-state index < -0.39 is 11.9 Å². The molecule has 0 spiro atoms. The molecule has 1 aliphatic heterocycles. The van der Waals surface area contributed by atoms with Gasteiger partial charge in [-0.1, -0.05) is 0 Å². The maximum Gasteiger partial charge on any atom is 0.327 e. The molecule has 0 aromatic rings.